The highest BCUT2D eigenvalue weighted by atomic mass is 16.5. The van der Waals surface area contributed by atoms with Crippen LogP contribution in [0.5, 0.6) is 0 Å². The number of unbranched alkanes of at least 4 members (excludes halogenated alkanes) is 1. The molecule has 2 rings (SSSR count). The van der Waals surface area contributed by atoms with Crippen LogP contribution in [0, 0.1) is 11.3 Å². The molecular formula is C14H26N2O2. The van der Waals surface area contributed by atoms with Gasteiger partial charge in [-0.3, -0.25) is 4.79 Å². The number of nitrogens with two attached hydrogens (primary N) is 1. The van der Waals surface area contributed by atoms with Crippen molar-refractivity contribution in [2.24, 2.45) is 17.1 Å². The molecule has 3 N–H and O–H groups in total. The molecule has 0 aromatic heterocycles. The summed E-state index contributed by atoms with van der Waals surface area (Å²) < 4.78 is 5.88. The predicted molar refractivity (Wildman–Crippen MR) is 71.1 cm³/mol. The summed E-state index contributed by atoms with van der Waals surface area (Å²) in [4.78, 5) is 10.6. The highest BCUT2D eigenvalue weighted by Gasteiger charge is 2.57. The van der Waals surface area contributed by atoms with Crippen LogP contribution in [0.1, 0.15) is 46.0 Å². The number of nitrogens with one attached hydrogen (secondary N) is 1. The highest BCUT2D eigenvalue weighted by molar-refractivity contribution is 5.73. The number of hydrogen-bond acceptors (Lipinski definition) is 3. The summed E-state index contributed by atoms with van der Waals surface area (Å²) in [5, 5.41) is 3.65. The molecule has 3 atom stereocenters. The Balaban J connectivity index is 1.70. The largest absolute Gasteiger partial charge is 0.377 e. The van der Waals surface area contributed by atoms with Gasteiger partial charge in [0.1, 0.15) is 0 Å². The molecule has 0 radical (unpaired) electrons. The van der Waals surface area contributed by atoms with Crippen LogP contribution in [0.15, 0.2) is 0 Å². The van der Waals surface area contributed by atoms with Crippen molar-refractivity contribution in [2.75, 3.05) is 13.2 Å². The van der Waals surface area contributed by atoms with E-state index >= 15 is 0 Å². The van der Waals surface area contributed by atoms with E-state index in [9.17, 15) is 4.79 Å². The molecule has 1 saturated carbocycles. The summed E-state index contributed by atoms with van der Waals surface area (Å²) in [6.45, 7) is 6.49. The first-order chi connectivity index (χ1) is 8.53. The zero-order chi connectivity index (χ0) is 13.2. The van der Waals surface area contributed by atoms with E-state index < -0.39 is 0 Å². The quantitative estimate of drug-likeness (QED) is 0.705. The van der Waals surface area contributed by atoms with Crippen LogP contribution >= 0.6 is 0 Å². The predicted octanol–water partition coefficient (Wildman–Crippen LogP) is 1.44. The van der Waals surface area contributed by atoms with Crippen molar-refractivity contribution in [2.45, 2.75) is 58.1 Å². The Morgan fingerprint density at radius 2 is 2.22 bits per heavy atom. The van der Waals surface area contributed by atoms with Crippen molar-refractivity contribution >= 4 is 5.91 Å². The Morgan fingerprint density at radius 3 is 2.94 bits per heavy atom. The van der Waals surface area contributed by atoms with E-state index in [2.05, 4.69) is 19.2 Å². The van der Waals surface area contributed by atoms with E-state index in [0.29, 0.717) is 24.5 Å². The van der Waals surface area contributed by atoms with Crippen molar-refractivity contribution in [3.05, 3.63) is 0 Å². The summed E-state index contributed by atoms with van der Waals surface area (Å²) in [6, 6.07) is 0.566. The van der Waals surface area contributed by atoms with E-state index in [4.69, 9.17) is 10.5 Å². The van der Waals surface area contributed by atoms with E-state index in [1.807, 2.05) is 0 Å². The van der Waals surface area contributed by atoms with Crippen LogP contribution in [-0.4, -0.2) is 31.2 Å². The fourth-order valence-corrected chi connectivity index (χ4v) is 3.62. The van der Waals surface area contributed by atoms with Crippen LogP contribution in [0.3, 0.4) is 0 Å². The molecule has 2 fully saturated rings. The van der Waals surface area contributed by atoms with Gasteiger partial charge in [0.25, 0.3) is 0 Å². The first-order valence-electron chi connectivity index (χ1n) is 7.17. The maximum atomic E-state index is 10.6. The fraction of sp³-hybridized carbons (Fsp3) is 0.929. The van der Waals surface area contributed by atoms with Gasteiger partial charge < -0.3 is 15.8 Å². The molecule has 3 unspecified atom stereocenters. The molecule has 1 amide bonds. The zero-order valence-electron chi connectivity index (χ0n) is 11.6. The number of ether oxygens (including phenoxy) is 1. The molecule has 1 heterocycles. The van der Waals surface area contributed by atoms with Gasteiger partial charge >= 0.3 is 0 Å². The minimum Gasteiger partial charge on any atom is -0.377 e. The summed E-state index contributed by atoms with van der Waals surface area (Å²) in [7, 11) is 0. The van der Waals surface area contributed by atoms with Gasteiger partial charge in [-0.25, -0.2) is 0 Å². The number of carbonyl (C=O) groups is 1. The Labute approximate surface area is 110 Å². The first kappa shape index (κ1) is 13.8. The van der Waals surface area contributed by atoms with Gasteiger partial charge in [0.15, 0.2) is 0 Å². The Bertz CT molecular complexity index is 304. The Morgan fingerprint density at radius 1 is 1.44 bits per heavy atom. The smallest absolute Gasteiger partial charge is 0.217 e. The molecule has 1 saturated heterocycles. The number of amides is 1. The topological polar surface area (TPSA) is 64.3 Å². The molecule has 0 aromatic rings. The lowest BCUT2D eigenvalue weighted by Gasteiger charge is -2.60. The van der Waals surface area contributed by atoms with Crippen LogP contribution in [0.25, 0.3) is 0 Å². The zero-order valence-corrected chi connectivity index (χ0v) is 11.6. The minimum atomic E-state index is -0.195. The molecule has 1 aliphatic heterocycles. The molecule has 104 valence electrons. The van der Waals surface area contributed by atoms with Gasteiger partial charge in [-0.1, -0.05) is 13.8 Å². The molecule has 1 aliphatic carbocycles. The third-order valence-corrected chi connectivity index (χ3v) is 4.55. The van der Waals surface area contributed by atoms with Gasteiger partial charge in [0, 0.05) is 30.4 Å². The number of fused-ring (bicyclic) bond motifs is 1. The van der Waals surface area contributed by atoms with Crippen molar-refractivity contribution in [3.8, 4) is 0 Å². The lowest BCUT2D eigenvalue weighted by Crippen LogP contribution is -2.69. The van der Waals surface area contributed by atoms with E-state index in [-0.39, 0.29) is 11.3 Å². The minimum absolute atomic E-state index is 0.195. The molecule has 0 bridgehead atoms. The number of rotatable bonds is 6. The van der Waals surface area contributed by atoms with Gasteiger partial charge in [-0.2, -0.15) is 0 Å². The Hall–Kier alpha value is -0.610. The van der Waals surface area contributed by atoms with Crippen LogP contribution in [0.4, 0.5) is 0 Å². The SMILES string of the molecule is CC1(C)C(NCCCCC(N)=O)C2CCCOC21. The van der Waals surface area contributed by atoms with Crippen molar-refractivity contribution in [3.63, 3.8) is 0 Å². The second-order valence-electron chi connectivity index (χ2n) is 6.27. The lowest BCUT2D eigenvalue weighted by atomic mass is 9.55. The summed E-state index contributed by atoms with van der Waals surface area (Å²) in [5.41, 5.74) is 5.37. The number of carbonyl (C=O) groups excluding carboxylic acids is 1. The van der Waals surface area contributed by atoms with Crippen molar-refractivity contribution in [1.82, 2.24) is 5.32 Å². The molecule has 2 aliphatic rings. The van der Waals surface area contributed by atoms with E-state index in [0.717, 1.165) is 26.0 Å². The van der Waals surface area contributed by atoms with Crippen LogP contribution in [-0.2, 0) is 9.53 Å². The maximum Gasteiger partial charge on any atom is 0.217 e. The van der Waals surface area contributed by atoms with Gasteiger partial charge in [-0.05, 0) is 32.2 Å². The first-order valence-corrected chi connectivity index (χ1v) is 7.17. The van der Waals surface area contributed by atoms with Gasteiger partial charge in [0.05, 0.1) is 6.10 Å². The third kappa shape index (κ3) is 2.69. The standard InChI is InChI=1S/C14H26N2O2/c1-14(2)12(10-6-5-9-18-13(10)14)16-8-4-3-7-11(15)17/h10,12-13,16H,3-9H2,1-2H3,(H2,15,17). The summed E-state index contributed by atoms with van der Waals surface area (Å²) >= 11 is 0. The average molecular weight is 254 g/mol. The van der Waals surface area contributed by atoms with E-state index in [1.165, 1.54) is 12.8 Å². The summed E-state index contributed by atoms with van der Waals surface area (Å²) in [6.07, 6.45) is 5.33. The monoisotopic (exact) mass is 254 g/mol. The highest BCUT2D eigenvalue weighted by Crippen LogP contribution is 2.51. The lowest BCUT2D eigenvalue weighted by molar-refractivity contribution is -0.192. The number of primary amides is 1. The number of hydrogen-bond donors (Lipinski definition) is 2. The normalized spacial score (nSPS) is 33.6. The second kappa shape index (κ2) is 5.57. The molecule has 4 heteroatoms. The molecule has 4 nitrogen and oxygen atoms in total. The molecule has 0 aromatic carbocycles. The van der Waals surface area contributed by atoms with Crippen molar-refractivity contribution < 1.29 is 9.53 Å². The fourth-order valence-electron chi connectivity index (χ4n) is 3.62. The van der Waals surface area contributed by atoms with Gasteiger partial charge in [0.2, 0.25) is 5.91 Å². The average Bonchev–Trinajstić information content (AvgIpc) is 2.33. The third-order valence-electron chi connectivity index (χ3n) is 4.55. The molecular weight excluding hydrogens is 228 g/mol. The Kier molecular flexibility index (Phi) is 4.28. The molecule has 18 heavy (non-hydrogen) atoms. The van der Waals surface area contributed by atoms with Crippen LogP contribution < -0.4 is 11.1 Å². The van der Waals surface area contributed by atoms with Crippen molar-refractivity contribution in [1.29, 1.82) is 0 Å². The van der Waals surface area contributed by atoms with Gasteiger partial charge in [-0.15, -0.1) is 0 Å². The van der Waals surface area contributed by atoms with E-state index in [1.54, 1.807) is 0 Å². The molecule has 0 spiro atoms. The van der Waals surface area contributed by atoms with Crippen LogP contribution in [0.2, 0.25) is 0 Å². The summed E-state index contributed by atoms with van der Waals surface area (Å²) in [5.74, 6) is 0.490. The maximum absolute atomic E-state index is 10.6. The second-order valence-corrected chi connectivity index (χ2v) is 6.27.